The van der Waals surface area contributed by atoms with E-state index in [1.54, 1.807) is 21.3 Å². The van der Waals surface area contributed by atoms with Gasteiger partial charge in [0.2, 0.25) is 6.79 Å². The number of hydrogen-bond donors (Lipinski definition) is 0. The van der Waals surface area contributed by atoms with Gasteiger partial charge in [-0.25, -0.2) is 0 Å². The summed E-state index contributed by atoms with van der Waals surface area (Å²) in [6.45, 7) is 3.08. The van der Waals surface area contributed by atoms with Gasteiger partial charge in [-0.3, -0.25) is 0 Å². The molecule has 2 aliphatic rings. The highest BCUT2D eigenvalue weighted by Crippen LogP contribution is 2.51. The number of fused-ring (bicyclic) bond motifs is 1. The molecule has 0 unspecified atom stereocenters. The summed E-state index contributed by atoms with van der Waals surface area (Å²) in [7, 11) is 5.00. The molecular formula is C22H26O6. The molecule has 2 aromatic rings. The molecule has 0 aliphatic carbocycles. The van der Waals surface area contributed by atoms with Crippen LogP contribution in [0, 0.1) is 11.8 Å². The Morgan fingerprint density at radius 1 is 0.857 bits per heavy atom. The SMILES string of the molecule is COC[C@@H]1[C@@H](C)[C@@H](c2ccc3c(c2)OCO3)O[C@H]1c1ccc(OC)c(OC)c1. The van der Waals surface area contributed by atoms with E-state index in [4.69, 9.17) is 28.4 Å². The van der Waals surface area contributed by atoms with Crippen LogP contribution < -0.4 is 18.9 Å². The first-order valence-corrected chi connectivity index (χ1v) is 9.42. The number of rotatable bonds is 6. The Hall–Kier alpha value is -2.44. The minimum absolute atomic E-state index is 0.0623. The summed E-state index contributed by atoms with van der Waals surface area (Å²) in [5, 5.41) is 0. The maximum absolute atomic E-state index is 6.57. The van der Waals surface area contributed by atoms with Crippen molar-refractivity contribution in [2.24, 2.45) is 11.8 Å². The summed E-state index contributed by atoms with van der Waals surface area (Å²) in [6.07, 6.45) is -0.169. The van der Waals surface area contributed by atoms with E-state index >= 15 is 0 Å². The van der Waals surface area contributed by atoms with E-state index in [1.165, 1.54) is 0 Å². The molecule has 0 N–H and O–H groups in total. The van der Waals surface area contributed by atoms with Crippen LogP contribution in [0.4, 0.5) is 0 Å². The van der Waals surface area contributed by atoms with Crippen molar-refractivity contribution >= 4 is 0 Å². The van der Waals surface area contributed by atoms with Crippen LogP contribution in [0.3, 0.4) is 0 Å². The average Bonchev–Trinajstić information content (AvgIpc) is 3.32. The van der Waals surface area contributed by atoms with Crippen molar-refractivity contribution in [2.75, 3.05) is 34.7 Å². The highest BCUT2D eigenvalue weighted by Gasteiger charge is 2.43. The third-order valence-corrected chi connectivity index (χ3v) is 5.66. The Bertz CT molecular complexity index is 836. The normalized spacial score (nSPS) is 25.7. The van der Waals surface area contributed by atoms with Crippen LogP contribution in [0.5, 0.6) is 23.0 Å². The molecular weight excluding hydrogens is 360 g/mol. The topological polar surface area (TPSA) is 55.4 Å². The zero-order valence-corrected chi connectivity index (χ0v) is 16.6. The van der Waals surface area contributed by atoms with Gasteiger partial charge >= 0.3 is 0 Å². The van der Waals surface area contributed by atoms with E-state index in [0.29, 0.717) is 18.1 Å². The minimum atomic E-state index is -0.106. The van der Waals surface area contributed by atoms with E-state index < -0.39 is 0 Å². The first-order chi connectivity index (χ1) is 13.7. The van der Waals surface area contributed by atoms with Crippen LogP contribution >= 0.6 is 0 Å². The van der Waals surface area contributed by atoms with Gasteiger partial charge in [0.15, 0.2) is 23.0 Å². The third kappa shape index (κ3) is 3.27. The molecule has 2 heterocycles. The van der Waals surface area contributed by atoms with Gasteiger partial charge in [0, 0.05) is 13.0 Å². The smallest absolute Gasteiger partial charge is 0.231 e. The molecule has 1 saturated heterocycles. The first-order valence-electron chi connectivity index (χ1n) is 9.42. The minimum Gasteiger partial charge on any atom is -0.493 e. The Balaban J connectivity index is 1.66. The van der Waals surface area contributed by atoms with Gasteiger partial charge in [0.05, 0.1) is 33.0 Å². The third-order valence-electron chi connectivity index (χ3n) is 5.66. The van der Waals surface area contributed by atoms with Crippen LogP contribution in [-0.2, 0) is 9.47 Å². The van der Waals surface area contributed by atoms with Gasteiger partial charge in [0.1, 0.15) is 0 Å². The van der Waals surface area contributed by atoms with E-state index in [9.17, 15) is 0 Å². The lowest BCUT2D eigenvalue weighted by Crippen LogP contribution is -2.19. The van der Waals surface area contributed by atoms with Gasteiger partial charge < -0.3 is 28.4 Å². The van der Waals surface area contributed by atoms with E-state index in [0.717, 1.165) is 22.6 Å². The molecule has 4 rings (SSSR count). The fourth-order valence-electron chi connectivity index (χ4n) is 4.14. The summed E-state index contributed by atoms with van der Waals surface area (Å²) >= 11 is 0. The molecule has 0 radical (unpaired) electrons. The van der Waals surface area contributed by atoms with Crippen molar-refractivity contribution in [2.45, 2.75) is 19.1 Å². The molecule has 1 fully saturated rings. The lowest BCUT2D eigenvalue weighted by molar-refractivity contribution is 0.0183. The summed E-state index contributed by atoms with van der Waals surface area (Å²) in [5.74, 6) is 3.41. The van der Waals surface area contributed by atoms with E-state index in [2.05, 4.69) is 13.0 Å². The van der Waals surface area contributed by atoms with Crippen molar-refractivity contribution in [3.8, 4) is 23.0 Å². The summed E-state index contributed by atoms with van der Waals surface area (Å²) in [4.78, 5) is 0. The van der Waals surface area contributed by atoms with E-state index in [-0.39, 0.29) is 30.8 Å². The van der Waals surface area contributed by atoms with Gasteiger partial charge in [0.25, 0.3) is 0 Å². The quantitative estimate of drug-likeness (QED) is 0.744. The average molecular weight is 386 g/mol. The Morgan fingerprint density at radius 3 is 2.32 bits per heavy atom. The van der Waals surface area contributed by atoms with Crippen molar-refractivity contribution in [1.82, 2.24) is 0 Å². The second kappa shape index (κ2) is 7.89. The molecule has 4 atom stereocenters. The molecule has 6 nitrogen and oxygen atoms in total. The fourth-order valence-corrected chi connectivity index (χ4v) is 4.14. The van der Waals surface area contributed by atoms with Crippen LogP contribution in [0.2, 0.25) is 0 Å². The van der Waals surface area contributed by atoms with Crippen LogP contribution in [-0.4, -0.2) is 34.7 Å². The van der Waals surface area contributed by atoms with Gasteiger partial charge in [-0.15, -0.1) is 0 Å². The molecule has 0 amide bonds. The molecule has 0 saturated carbocycles. The maximum atomic E-state index is 6.57. The molecule has 0 bridgehead atoms. The number of methoxy groups -OCH3 is 3. The predicted molar refractivity (Wildman–Crippen MR) is 103 cm³/mol. The van der Waals surface area contributed by atoms with Crippen LogP contribution in [0.1, 0.15) is 30.3 Å². The standard InChI is InChI=1S/C22H26O6/c1-13-16(11-23-2)22(15-5-7-17(24-3)19(9-15)25-4)28-21(13)14-6-8-18-20(10-14)27-12-26-18/h5-10,13,16,21-22H,11-12H2,1-4H3/t13-,16-,21+,22+/m1/s1. The Morgan fingerprint density at radius 2 is 1.57 bits per heavy atom. The predicted octanol–water partition coefficient (Wildman–Crippen LogP) is 4.14. The zero-order valence-electron chi connectivity index (χ0n) is 16.6. The second-order valence-corrected chi connectivity index (χ2v) is 7.18. The maximum Gasteiger partial charge on any atom is 0.231 e. The highest BCUT2D eigenvalue weighted by molar-refractivity contribution is 5.46. The summed E-state index contributed by atoms with van der Waals surface area (Å²) in [6, 6.07) is 12.0. The highest BCUT2D eigenvalue weighted by atomic mass is 16.7. The monoisotopic (exact) mass is 386 g/mol. The number of ether oxygens (including phenoxy) is 6. The van der Waals surface area contributed by atoms with Crippen LogP contribution in [0.15, 0.2) is 36.4 Å². The van der Waals surface area contributed by atoms with Crippen molar-refractivity contribution in [3.63, 3.8) is 0 Å². The van der Waals surface area contributed by atoms with Crippen molar-refractivity contribution < 1.29 is 28.4 Å². The molecule has 2 aromatic carbocycles. The summed E-state index contributed by atoms with van der Waals surface area (Å²) < 4.78 is 33.9. The largest absolute Gasteiger partial charge is 0.493 e. The Kier molecular flexibility index (Phi) is 5.33. The van der Waals surface area contributed by atoms with Crippen molar-refractivity contribution in [1.29, 1.82) is 0 Å². The number of hydrogen-bond acceptors (Lipinski definition) is 6. The zero-order chi connectivity index (χ0) is 19.7. The first kappa shape index (κ1) is 18.9. The van der Waals surface area contributed by atoms with Gasteiger partial charge in [-0.1, -0.05) is 19.1 Å². The second-order valence-electron chi connectivity index (χ2n) is 7.18. The molecule has 28 heavy (non-hydrogen) atoms. The lowest BCUT2D eigenvalue weighted by atomic mass is 9.84. The summed E-state index contributed by atoms with van der Waals surface area (Å²) in [5.41, 5.74) is 2.13. The van der Waals surface area contributed by atoms with E-state index in [1.807, 2.05) is 30.3 Å². The number of benzene rings is 2. The van der Waals surface area contributed by atoms with Crippen LogP contribution in [0.25, 0.3) is 0 Å². The molecule has 2 aliphatic heterocycles. The lowest BCUT2D eigenvalue weighted by Gasteiger charge is -2.21. The molecule has 150 valence electrons. The molecule has 6 heteroatoms. The van der Waals surface area contributed by atoms with Gasteiger partial charge in [-0.05, 0) is 41.3 Å². The Labute approximate surface area is 165 Å². The fraction of sp³-hybridized carbons (Fsp3) is 0.455. The van der Waals surface area contributed by atoms with Crippen molar-refractivity contribution in [3.05, 3.63) is 47.5 Å². The van der Waals surface area contributed by atoms with Gasteiger partial charge in [-0.2, -0.15) is 0 Å². The molecule has 0 spiro atoms. The molecule has 0 aromatic heterocycles.